The Morgan fingerprint density at radius 1 is 1.42 bits per heavy atom. The van der Waals surface area contributed by atoms with Crippen molar-refractivity contribution in [2.45, 2.75) is 51.3 Å². The molecule has 2 atom stereocenters. The van der Waals surface area contributed by atoms with Crippen LogP contribution in [0.5, 0.6) is 5.75 Å². The van der Waals surface area contributed by atoms with Crippen LogP contribution in [0.15, 0.2) is 30.5 Å². The van der Waals surface area contributed by atoms with Gasteiger partial charge in [-0.15, -0.1) is 0 Å². The number of carbonyl (C=O) groups excluding carboxylic acids is 1. The number of nitrogens with one attached hydrogen (secondary N) is 1. The van der Waals surface area contributed by atoms with Gasteiger partial charge in [-0.2, -0.15) is 14.0 Å². The van der Waals surface area contributed by atoms with E-state index in [1.807, 2.05) is 18.7 Å². The van der Waals surface area contributed by atoms with Gasteiger partial charge in [0.1, 0.15) is 17.5 Å². The summed E-state index contributed by atoms with van der Waals surface area (Å²) >= 11 is 0. The average Bonchev–Trinajstić information content (AvgIpc) is 3.55. The maximum atomic E-state index is 13.3. The fourth-order valence-electron chi connectivity index (χ4n) is 4.36. The van der Waals surface area contributed by atoms with E-state index < -0.39 is 12.2 Å². The first-order valence-corrected chi connectivity index (χ1v) is 11.0. The summed E-state index contributed by atoms with van der Waals surface area (Å²) in [5.41, 5.74) is 7.72. The molecule has 174 valence electrons. The molecule has 1 aliphatic carbocycles. The standard InChI is InChI=1S/C24H27F2N5O2/c1-14(15-6-7-15)30-22(32)18-12-29-19(11-27)20(21(18)31-9-8-24(2,28)13-31)16-4-3-5-17(10-16)33-23(25)26/h3-5,10,12,14-15,23H,6-9,13,28H2,1-2H3,(H,30,32)/t14-,24-/m0/s1. The lowest BCUT2D eigenvalue weighted by Crippen LogP contribution is -2.40. The van der Waals surface area contributed by atoms with Gasteiger partial charge in [0.05, 0.1) is 11.3 Å². The number of hydrogen-bond acceptors (Lipinski definition) is 6. The summed E-state index contributed by atoms with van der Waals surface area (Å²) in [7, 11) is 0. The fourth-order valence-corrected chi connectivity index (χ4v) is 4.36. The van der Waals surface area contributed by atoms with Gasteiger partial charge in [0, 0.05) is 36.4 Å². The number of rotatable bonds is 7. The predicted octanol–water partition coefficient (Wildman–Crippen LogP) is 3.68. The van der Waals surface area contributed by atoms with Crippen LogP contribution in [0.3, 0.4) is 0 Å². The minimum absolute atomic E-state index is 0.0190. The number of amides is 1. The van der Waals surface area contributed by atoms with Gasteiger partial charge in [-0.05, 0) is 56.7 Å². The summed E-state index contributed by atoms with van der Waals surface area (Å²) < 4.78 is 30.2. The van der Waals surface area contributed by atoms with E-state index in [0.717, 1.165) is 12.8 Å². The number of benzene rings is 1. The molecule has 1 amide bonds. The van der Waals surface area contributed by atoms with Crippen molar-refractivity contribution < 1.29 is 18.3 Å². The van der Waals surface area contributed by atoms with Crippen molar-refractivity contribution >= 4 is 11.6 Å². The van der Waals surface area contributed by atoms with Crippen LogP contribution in [0.25, 0.3) is 11.1 Å². The molecule has 1 saturated carbocycles. The molecule has 2 aliphatic rings. The van der Waals surface area contributed by atoms with Crippen LogP contribution >= 0.6 is 0 Å². The van der Waals surface area contributed by atoms with Gasteiger partial charge in [0.15, 0.2) is 0 Å². The van der Waals surface area contributed by atoms with Crippen molar-refractivity contribution in [2.24, 2.45) is 11.7 Å². The summed E-state index contributed by atoms with van der Waals surface area (Å²) in [5.74, 6) is 0.137. The minimum atomic E-state index is -2.98. The molecule has 7 nitrogen and oxygen atoms in total. The number of pyridine rings is 1. The maximum Gasteiger partial charge on any atom is 0.387 e. The third-order valence-electron chi connectivity index (χ3n) is 6.26. The Labute approximate surface area is 191 Å². The van der Waals surface area contributed by atoms with E-state index in [4.69, 9.17) is 5.73 Å². The summed E-state index contributed by atoms with van der Waals surface area (Å²) in [6.45, 7) is 1.99. The SMILES string of the molecule is C[C@H](NC(=O)c1cnc(C#N)c(-c2cccc(OC(F)F)c2)c1N1CC[C@](C)(N)C1)C1CC1. The molecule has 0 radical (unpaired) electrons. The van der Waals surface area contributed by atoms with E-state index in [1.165, 1.54) is 18.3 Å². The van der Waals surface area contributed by atoms with E-state index in [0.29, 0.717) is 47.8 Å². The van der Waals surface area contributed by atoms with Gasteiger partial charge in [-0.1, -0.05) is 12.1 Å². The van der Waals surface area contributed by atoms with Gasteiger partial charge < -0.3 is 20.7 Å². The van der Waals surface area contributed by atoms with E-state index >= 15 is 0 Å². The van der Waals surface area contributed by atoms with Gasteiger partial charge in [-0.25, -0.2) is 4.98 Å². The Balaban J connectivity index is 1.85. The molecule has 2 heterocycles. The molecule has 1 aromatic heterocycles. The van der Waals surface area contributed by atoms with Gasteiger partial charge >= 0.3 is 6.61 Å². The second kappa shape index (κ2) is 8.94. The quantitative estimate of drug-likeness (QED) is 0.660. The van der Waals surface area contributed by atoms with Crippen molar-refractivity contribution in [1.29, 1.82) is 5.26 Å². The highest BCUT2D eigenvalue weighted by Crippen LogP contribution is 2.40. The molecule has 2 aromatic rings. The Hall–Kier alpha value is -3.25. The van der Waals surface area contributed by atoms with Crippen molar-refractivity contribution in [2.75, 3.05) is 18.0 Å². The number of hydrogen-bond donors (Lipinski definition) is 2. The molecule has 2 fully saturated rings. The van der Waals surface area contributed by atoms with Crippen molar-refractivity contribution in [3.8, 4) is 22.9 Å². The van der Waals surface area contributed by atoms with Crippen LogP contribution in [-0.2, 0) is 0 Å². The first-order chi connectivity index (χ1) is 15.7. The van der Waals surface area contributed by atoms with Crippen LogP contribution in [0.2, 0.25) is 0 Å². The molecule has 3 N–H and O–H groups in total. The highest BCUT2D eigenvalue weighted by molar-refractivity contribution is 6.04. The third kappa shape index (κ3) is 5.06. The highest BCUT2D eigenvalue weighted by atomic mass is 19.3. The zero-order valence-corrected chi connectivity index (χ0v) is 18.6. The second-order valence-electron chi connectivity index (χ2n) is 9.19. The van der Waals surface area contributed by atoms with Crippen LogP contribution in [0, 0.1) is 17.2 Å². The molecule has 1 aliphatic heterocycles. The molecular formula is C24H27F2N5O2. The number of nitriles is 1. The zero-order valence-electron chi connectivity index (χ0n) is 18.6. The Morgan fingerprint density at radius 3 is 2.79 bits per heavy atom. The van der Waals surface area contributed by atoms with Crippen LogP contribution < -0.4 is 20.7 Å². The van der Waals surface area contributed by atoms with Crippen molar-refractivity contribution in [3.05, 3.63) is 41.7 Å². The third-order valence-corrected chi connectivity index (χ3v) is 6.26. The first kappa shape index (κ1) is 22.9. The number of ether oxygens (including phenoxy) is 1. The normalized spacial score (nSPS) is 21.1. The number of halogens is 2. The summed E-state index contributed by atoms with van der Waals surface area (Å²) in [6.07, 6.45) is 4.28. The Kier molecular flexibility index (Phi) is 6.21. The Bertz CT molecular complexity index is 1090. The lowest BCUT2D eigenvalue weighted by molar-refractivity contribution is -0.0498. The molecule has 4 rings (SSSR count). The summed E-state index contributed by atoms with van der Waals surface area (Å²) in [6, 6.07) is 8.20. The zero-order chi connectivity index (χ0) is 23.8. The lowest BCUT2D eigenvalue weighted by atomic mass is 9.97. The molecule has 1 saturated heterocycles. The van der Waals surface area contributed by atoms with Gasteiger partial charge in [0.2, 0.25) is 0 Å². The monoisotopic (exact) mass is 455 g/mol. The highest BCUT2D eigenvalue weighted by Gasteiger charge is 2.36. The largest absolute Gasteiger partial charge is 0.435 e. The fraction of sp³-hybridized carbons (Fsp3) is 0.458. The minimum Gasteiger partial charge on any atom is -0.435 e. The van der Waals surface area contributed by atoms with Crippen molar-refractivity contribution in [1.82, 2.24) is 10.3 Å². The van der Waals surface area contributed by atoms with Crippen LogP contribution in [0.1, 0.15) is 49.2 Å². The van der Waals surface area contributed by atoms with Gasteiger partial charge in [0.25, 0.3) is 5.91 Å². The van der Waals surface area contributed by atoms with Crippen molar-refractivity contribution in [3.63, 3.8) is 0 Å². The smallest absolute Gasteiger partial charge is 0.387 e. The first-order valence-electron chi connectivity index (χ1n) is 11.0. The Morgan fingerprint density at radius 2 is 2.18 bits per heavy atom. The molecule has 0 bridgehead atoms. The molecule has 0 spiro atoms. The predicted molar refractivity (Wildman–Crippen MR) is 120 cm³/mol. The number of nitrogens with zero attached hydrogens (tertiary/aromatic N) is 3. The topological polar surface area (TPSA) is 104 Å². The van der Waals surface area contributed by atoms with Crippen LogP contribution in [0.4, 0.5) is 14.5 Å². The number of aromatic nitrogens is 1. The van der Waals surface area contributed by atoms with E-state index in [2.05, 4.69) is 21.1 Å². The molecule has 0 unspecified atom stereocenters. The molecule has 33 heavy (non-hydrogen) atoms. The molecule has 9 heteroatoms. The number of alkyl halides is 2. The van der Waals surface area contributed by atoms with Crippen LogP contribution in [-0.4, -0.2) is 42.2 Å². The lowest BCUT2D eigenvalue weighted by Gasteiger charge is -2.27. The second-order valence-corrected chi connectivity index (χ2v) is 9.19. The number of anilines is 1. The molecule has 1 aromatic carbocycles. The maximum absolute atomic E-state index is 13.3. The van der Waals surface area contributed by atoms with E-state index in [-0.39, 0.29) is 23.4 Å². The number of nitrogens with two attached hydrogens (primary N) is 1. The van der Waals surface area contributed by atoms with E-state index in [9.17, 15) is 18.8 Å². The van der Waals surface area contributed by atoms with Gasteiger partial charge in [-0.3, -0.25) is 4.79 Å². The van der Waals surface area contributed by atoms with E-state index in [1.54, 1.807) is 12.1 Å². The average molecular weight is 456 g/mol. The summed E-state index contributed by atoms with van der Waals surface area (Å²) in [4.78, 5) is 19.5. The number of carbonyl (C=O) groups is 1. The summed E-state index contributed by atoms with van der Waals surface area (Å²) in [5, 5.41) is 12.9. The molecular weight excluding hydrogens is 428 g/mol.